The second kappa shape index (κ2) is 6.36. The first-order valence-electron chi connectivity index (χ1n) is 8.49. The van der Waals surface area contributed by atoms with Gasteiger partial charge in [-0.25, -0.2) is 14.6 Å². The maximum absolute atomic E-state index is 11.9. The molecule has 1 aliphatic carbocycles. The van der Waals surface area contributed by atoms with Crippen LogP contribution in [-0.4, -0.2) is 48.5 Å². The Morgan fingerprint density at radius 3 is 2.48 bits per heavy atom. The second-order valence-corrected chi connectivity index (χ2v) is 7.39. The standard InChI is InChI=1S/C16H19BrN6O2/c1-22-16-13(14(17)21-22)15(18-8-19-16)20-9-2-4-10(5-3-9)23-11(24)6-7-12(23)25/h8-10H,2-7H2,1H3,(H,18,19,20). The van der Waals surface area contributed by atoms with Crippen molar-refractivity contribution in [2.45, 2.75) is 50.6 Å². The summed E-state index contributed by atoms with van der Waals surface area (Å²) in [6, 6.07) is 0.311. The van der Waals surface area contributed by atoms with Gasteiger partial charge in [0.05, 0.1) is 5.39 Å². The van der Waals surface area contributed by atoms with Crippen molar-refractivity contribution in [3.63, 3.8) is 0 Å². The highest BCUT2D eigenvalue weighted by Crippen LogP contribution is 2.31. The number of nitrogens with zero attached hydrogens (tertiary/aromatic N) is 5. The van der Waals surface area contributed by atoms with Gasteiger partial charge in [0.25, 0.3) is 0 Å². The Balaban J connectivity index is 1.46. The van der Waals surface area contributed by atoms with Crippen molar-refractivity contribution in [1.82, 2.24) is 24.6 Å². The van der Waals surface area contributed by atoms with Crippen LogP contribution in [0.2, 0.25) is 0 Å². The number of hydrogen-bond donors (Lipinski definition) is 1. The molecule has 3 heterocycles. The number of anilines is 1. The van der Waals surface area contributed by atoms with Gasteiger partial charge in [-0.2, -0.15) is 5.10 Å². The molecule has 1 saturated heterocycles. The molecule has 1 aliphatic heterocycles. The van der Waals surface area contributed by atoms with Gasteiger partial charge in [0.1, 0.15) is 16.7 Å². The molecular formula is C16H19BrN6O2. The lowest BCUT2D eigenvalue weighted by Gasteiger charge is -2.34. The largest absolute Gasteiger partial charge is 0.367 e. The molecule has 1 N–H and O–H groups in total. The maximum atomic E-state index is 11.9. The third-order valence-electron chi connectivity index (χ3n) is 5.07. The van der Waals surface area contributed by atoms with Crippen molar-refractivity contribution in [3.8, 4) is 0 Å². The average Bonchev–Trinajstić information content (AvgIpc) is 3.08. The number of aryl methyl sites for hydroxylation is 1. The van der Waals surface area contributed by atoms with Crippen molar-refractivity contribution in [2.75, 3.05) is 5.32 Å². The van der Waals surface area contributed by atoms with Crippen molar-refractivity contribution >= 4 is 44.6 Å². The van der Waals surface area contributed by atoms with E-state index in [9.17, 15) is 9.59 Å². The number of amides is 2. The molecule has 2 aromatic rings. The van der Waals surface area contributed by atoms with E-state index in [1.54, 1.807) is 4.68 Å². The lowest BCUT2D eigenvalue weighted by atomic mass is 9.90. The number of carbonyl (C=O) groups excluding carboxylic acids is 2. The number of imide groups is 1. The van der Waals surface area contributed by atoms with Crippen LogP contribution in [0.3, 0.4) is 0 Å². The van der Waals surface area contributed by atoms with Crippen molar-refractivity contribution < 1.29 is 9.59 Å². The summed E-state index contributed by atoms with van der Waals surface area (Å²) in [5, 5.41) is 8.70. The van der Waals surface area contributed by atoms with Crippen LogP contribution in [0.25, 0.3) is 11.0 Å². The molecule has 2 aromatic heterocycles. The van der Waals surface area contributed by atoms with Crippen LogP contribution in [0.5, 0.6) is 0 Å². The van der Waals surface area contributed by atoms with E-state index >= 15 is 0 Å². The minimum atomic E-state index is -0.0155. The zero-order valence-corrected chi connectivity index (χ0v) is 15.5. The number of aromatic nitrogens is 4. The summed E-state index contributed by atoms with van der Waals surface area (Å²) in [6.45, 7) is 0. The zero-order chi connectivity index (χ0) is 17.6. The summed E-state index contributed by atoms with van der Waals surface area (Å²) < 4.78 is 2.43. The highest BCUT2D eigenvalue weighted by Gasteiger charge is 2.37. The summed E-state index contributed by atoms with van der Waals surface area (Å²) in [5.41, 5.74) is 0.770. The smallest absolute Gasteiger partial charge is 0.229 e. The van der Waals surface area contributed by atoms with Gasteiger partial charge < -0.3 is 5.32 Å². The Morgan fingerprint density at radius 2 is 1.80 bits per heavy atom. The Bertz CT molecular complexity index is 827. The highest BCUT2D eigenvalue weighted by molar-refractivity contribution is 9.10. The topological polar surface area (TPSA) is 93.0 Å². The molecule has 2 aliphatic rings. The second-order valence-electron chi connectivity index (χ2n) is 6.64. The molecule has 0 unspecified atom stereocenters. The fourth-order valence-corrected chi connectivity index (χ4v) is 4.43. The number of fused-ring (bicyclic) bond motifs is 1. The molecule has 0 radical (unpaired) electrons. The van der Waals surface area contributed by atoms with Crippen LogP contribution in [-0.2, 0) is 16.6 Å². The van der Waals surface area contributed by atoms with Crippen LogP contribution in [0, 0.1) is 0 Å². The SMILES string of the molecule is Cn1nc(Br)c2c(NC3CCC(N4C(=O)CCC4=O)CC3)ncnc21. The van der Waals surface area contributed by atoms with Gasteiger partial charge in [-0.05, 0) is 41.6 Å². The summed E-state index contributed by atoms with van der Waals surface area (Å²) in [6.07, 6.45) is 5.72. The molecule has 0 aromatic carbocycles. The predicted octanol–water partition coefficient (Wildman–Crippen LogP) is 2.00. The Kier molecular flexibility index (Phi) is 4.18. The van der Waals surface area contributed by atoms with E-state index in [0.29, 0.717) is 12.8 Å². The lowest BCUT2D eigenvalue weighted by molar-refractivity contribution is -0.141. The minimum absolute atomic E-state index is 0.0155. The van der Waals surface area contributed by atoms with Crippen molar-refractivity contribution in [1.29, 1.82) is 0 Å². The van der Waals surface area contributed by atoms with Gasteiger partial charge in [0.15, 0.2) is 5.65 Å². The summed E-state index contributed by atoms with van der Waals surface area (Å²) >= 11 is 3.47. The molecule has 0 bridgehead atoms. The molecule has 25 heavy (non-hydrogen) atoms. The first-order chi connectivity index (χ1) is 12.0. The van der Waals surface area contributed by atoms with E-state index in [4.69, 9.17) is 0 Å². The van der Waals surface area contributed by atoms with Gasteiger partial charge in [0, 0.05) is 32.0 Å². The van der Waals surface area contributed by atoms with Crippen LogP contribution in [0.4, 0.5) is 5.82 Å². The van der Waals surface area contributed by atoms with E-state index in [0.717, 1.165) is 47.1 Å². The van der Waals surface area contributed by atoms with E-state index < -0.39 is 0 Å². The highest BCUT2D eigenvalue weighted by atomic mass is 79.9. The van der Waals surface area contributed by atoms with Crippen LogP contribution in [0.15, 0.2) is 10.9 Å². The number of likely N-dealkylation sites (tertiary alicyclic amines) is 1. The zero-order valence-electron chi connectivity index (χ0n) is 13.9. The summed E-state index contributed by atoms with van der Waals surface area (Å²) in [5.74, 6) is 0.734. The lowest BCUT2D eigenvalue weighted by Crippen LogP contribution is -2.43. The number of hydrogen-bond acceptors (Lipinski definition) is 6. The monoisotopic (exact) mass is 406 g/mol. The number of halogens is 1. The number of nitrogens with one attached hydrogen (secondary N) is 1. The van der Waals surface area contributed by atoms with E-state index in [1.165, 1.54) is 11.2 Å². The van der Waals surface area contributed by atoms with Crippen LogP contribution in [0.1, 0.15) is 38.5 Å². The fourth-order valence-electron chi connectivity index (χ4n) is 3.82. The van der Waals surface area contributed by atoms with Crippen molar-refractivity contribution in [3.05, 3.63) is 10.9 Å². The quantitative estimate of drug-likeness (QED) is 0.783. The van der Waals surface area contributed by atoms with Gasteiger partial charge >= 0.3 is 0 Å². The fraction of sp³-hybridized carbons (Fsp3) is 0.562. The molecule has 9 heteroatoms. The number of rotatable bonds is 3. The Hall–Kier alpha value is -2.03. The first kappa shape index (κ1) is 16.4. The van der Waals surface area contributed by atoms with E-state index in [2.05, 4.69) is 36.3 Å². The molecular weight excluding hydrogens is 388 g/mol. The van der Waals surface area contributed by atoms with Gasteiger partial charge in [-0.1, -0.05) is 0 Å². The molecule has 0 atom stereocenters. The minimum Gasteiger partial charge on any atom is -0.367 e. The Morgan fingerprint density at radius 1 is 1.12 bits per heavy atom. The van der Waals surface area contributed by atoms with Gasteiger partial charge in [0.2, 0.25) is 11.8 Å². The van der Waals surface area contributed by atoms with Gasteiger partial charge in [-0.3, -0.25) is 14.5 Å². The first-order valence-corrected chi connectivity index (χ1v) is 9.28. The molecule has 2 amide bonds. The van der Waals surface area contributed by atoms with Crippen LogP contribution < -0.4 is 5.32 Å². The van der Waals surface area contributed by atoms with E-state index in [-0.39, 0.29) is 23.9 Å². The molecule has 2 fully saturated rings. The third-order valence-corrected chi connectivity index (χ3v) is 5.63. The summed E-state index contributed by atoms with van der Waals surface area (Å²) in [4.78, 5) is 33.9. The van der Waals surface area contributed by atoms with Crippen LogP contribution >= 0.6 is 15.9 Å². The summed E-state index contributed by atoms with van der Waals surface area (Å²) in [7, 11) is 1.85. The Labute approximate surface area is 153 Å². The molecule has 4 rings (SSSR count). The molecule has 1 saturated carbocycles. The normalized spacial score (nSPS) is 24.3. The van der Waals surface area contributed by atoms with Crippen molar-refractivity contribution in [2.24, 2.45) is 7.05 Å². The molecule has 8 nitrogen and oxygen atoms in total. The van der Waals surface area contributed by atoms with E-state index in [1.807, 2.05) is 7.05 Å². The third kappa shape index (κ3) is 2.90. The van der Waals surface area contributed by atoms with Gasteiger partial charge in [-0.15, -0.1) is 0 Å². The molecule has 0 spiro atoms. The molecule has 132 valence electrons. The maximum Gasteiger partial charge on any atom is 0.229 e. The average molecular weight is 407 g/mol. The number of carbonyl (C=O) groups is 2. The predicted molar refractivity (Wildman–Crippen MR) is 94.8 cm³/mol.